The van der Waals surface area contributed by atoms with Gasteiger partial charge in [0, 0.05) is 0 Å². The molecule has 6 heteroatoms. The molecule has 1 aliphatic heterocycles. The van der Waals surface area contributed by atoms with Crippen molar-refractivity contribution >= 4 is 18.0 Å². The molecule has 21 heavy (non-hydrogen) atoms. The van der Waals surface area contributed by atoms with Gasteiger partial charge >= 0.3 is 12.1 Å². The molecular weight excluding hydrogens is 274 g/mol. The standard InChI is InChI=1S/C15H25NO5/c1-14(2,3)10(9-11(17)21-15(4,5)6)12(18)16-7-8-20-13(16)19/h10H,7-9H2,1-6H3/t10-/m1/s1. The average molecular weight is 299 g/mol. The molecule has 120 valence electrons. The van der Waals surface area contributed by atoms with Crippen LogP contribution in [0, 0.1) is 11.3 Å². The van der Waals surface area contributed by atoms with Crippen LogP contribution in [-0.4, -0.2) is 41.6 Å². The number of rotatable bonds is 3. The van der Waals surface area contributed by atoms with Crippen LogP contribution in [0.1, 0.15) is 48.0 Å². The van der Waals surface area contributed by atoms with E-state index < -0.39 is 29.0 Å². The minimum Gasteiger partial charge on any atom is -0.460 e. The maximum absolute atomic E-state index is 12.5. The van der Waals surface area contributed by atoms with Gasteiger partial charge in [-0.25, -0.2) is 9.69 Å². The number of hydrogen-bond acceptors (Lipinski definition) is 5. The van der Waals surface area contributed by atoms with E-state index in [2.05, 4.69) is 0 Å². The second-order valence-corrected chi connectivity index (χ2v) is 7.31. The Labute approximate surface area is 125 Å². The van der Waals surface area contributed by atoms with Crippen molar-refractivity contribution in [3.05, 3.63) is 0 Å². The largest absolute Gasteiger partial charge is 0.460 e. The predicted octanol–water partition coefficient (Wildman–Crippen LogP) is 2.36. The van der Waals surface area contributed by atoms with Gasteiger partial charge < -0.3 is 9.47 Å². The molecule has 1 heterocycles. The van der Waals surface area contributed by atoms with Crippen LogP contribution in [-0.2, 0) is 19.1 Å². The first-order valence-corrected chi connectivity index (χ1v) is 7.12. The molecule has 0 N–H and O–H groups in total. The summed E-state index contributed by atoms with van der Waals surface area (Å²) < 4.78 is 10.1. The Morgan fingerprint density at radius 1 is 1.24 bits per heavy atom. The SMILES string of the molecule is CC(C)(C)OC(=O)C[C@H](C(=O)N1CCOC1=O)C(C)(C)C. The van der Waals surface area contributed by atoms with E-state index in [4.69, 9.17) is 9.47 Å². The van der Waals surface area contributed by atoms with Crippen LogP contribution in [0.5, 0.6) is 0 Å². The van der Waals surface area contributed by atoms with E-state index in [9.17, 15) is 14.4 Å². The molecule has 1 fully saturated rings. The Morgan fingerprint density at radius 3 is 2.19 bits per heavy atom. The average Bonchev–Trinajstić information content (AvgIpc) is 2.67. The summed E-state index contributed by atoms with van der Waals surface area (Å²) in [6.45, 7) is 11.3. The van der Waals surface area contributed by atoms with Gasteiger partial charge in [0.1, 0.15) is 12.2 Å². The lowest BCUT2D eigenvalue weighted by molar-refractivity contribution is -0.160. The molecule has 2 amide bonds. The van der Waals surface area contributed by atoms with Gasteiger partial charge in [0.2, 0.25) is 5.91 Å². The van der Waals surface area contributed by atoms with Crippen LogP contribution in [0.15, 0.2) is 0 Å². The van der Waals surface area contributed by atoms with Crippen molar-refractivity contribution in [2.75, 3.05) is 13.2 Å². The Kier molecular flexibility index (Phi) is 5.02. The Bertz CT molecular complexity index is 430. The molecule has 0 unspecified atom stereocenters. The van der Waals surface area contributed by atoms with E-state index in [1.807, 2.05) is 20.8 Å². The van der Waals surface area contributed by atoms with Crippen molar-refractivity contribution in [3.63, 3.8) is 0 Å². The Morgan fingerprint density at radius 2 is 1.81 bits per heavy atom. The van der Waals surface area contributed by atoms with Gasteiger partial charge in [-0.2, -0.15) is 0 Å². The quantitative estimate of drug-likeness (QED) is 0.748. The first-order valence-electron chi connectivity index (χ1n) is 7.12. The number of carbonyl (C=O) groups is 3. The maximum Gasteiger partial charge on any atom is 0.416 e. The third kappa shape index (κ3) is 5.02. The summed E-state index contributed by atoms with van der Waals surface area (Å²) in [5, 5.41) is 0. The number of nitrogens with zero attached hydrogens (tertiary/aromatic N) is 1. The van der Waals surface area contributed by atoms with Gasteiger partial charge in [0.15, 0.2) is 0 Å². The molecule has 1 rings (SSSR count). The molecule has 1 aliphatic rings. The normalized spacial score (nSPS) is 17.4. The minimum absolute atomic E-state index is 0.0522. The summed E-state index contributed by atoms with van der Waals surface area (Å²) in [6, 6.07) is 0. The highest BCUT2D eigenvalue weighted by molar-refractivity contribution is 5.96. The first-order chi connectivity index (χ1) is 9.42. The van der Waals surface area contributed by atoms with E-state index >= 15 is 0 Å². The summed E-state index contributed by atoms with van der Waals surface area (Å²) in [4.78, 5) is 37.1. The number of imide groups is 1. The van der Waals surface area contributed by atoms with E-state index in [0.717, 1.165) is 4.90 Å². The van der Waals surface area contributed by atoms with Crippen LogP contribution in [0.3, 0.4) is 0 Å². The zero-order chi connectivity index (χ0) is 16.4. The van der Waals surface area contributed by atoms with Gasteiger partial charge in [-0.15, -0.1) is 0 Å². The van der Waals surface area contributed by atoms with Crippen molar-refractivity contribution < 1.29 is 23.9 Å². The number of esters is 1. The number of amides is 2. The molecule has 0 aromatic carbocycles. The maximum atomic E-state index is 12.5. The lowest BCUT2D eigenvalue weighted by Crippen LogP contribution is -2.43. The summed E-state index contributed by atoms with van der Waals surface area (Å²) in [7, 11) is 0. The highest BCUT2D eigenvalue weighted by atomic mass is 16.6. The van der Waals surface area contributed by atoms with Crippen LogP contribution < -0.4 is 0 Å². The van der Waals surface area contributed by atoms with Crippen molar-refractivity contribution in [3.8, 4) is 0 Å². The molecule has 0 saturated carbocycles. The van der Waals surface area contributed by atoms with Crippen molar-refractivity contribution in [2.24, 2.45) is 11.3 Å². The number of carbonyl (C=O) groups excluding carboxylic acids is 3. The fraction of sp³-hybridized carbons (Fsp3) is 0.800. The highest BCUT2D eigenvalue weighted by Gasteiger charge is 2.41. The third-order valence-corrected chi connectivity index (χ3v) is 3.16. The molecule has 0 aliphatic carbocycles. The Balaban J connectivity index is 2.84. The molecule has 0 bridgehead atoms. The van der Waals surface area contributed by atoms with Crippen LogP contribution in [0.25, 0.3) is 0 Å². The fourth-order valence-corrected chi connectivity index (χ4v) is 2.10. The lowest BCUT2D eigenvalue weighted by Gasteiger charge is -2.31. The number of hydrogen-bond donors (Lipinski definition) is 0. The zero-order valence-electron chi connectivity index (χ0n) is 13.7. The molecule has 1 saturated heterocycles. The summed E-state index contributed by atoms with van der Waals surface area (Å²) in [5.74, 6) is -1.45. The van der Waals surface area contributed by atoms with E-state index in [1.54, 1.807) is 20.8 Å². The van der Waals surface area contributed by atoms with Crippen molar-refractivity contribution in [1.29, 1.82) is 0 Å². The van der Waals surface area contributed by atoms with Crippen molar-refractivity contribution in [2.45, 2.75) is 53.6 Å². The molecule has 0 aromatic heterocycles. The van der Waals surface area contributed by atoms with Crippen molar-refractivity contribution in [1.82, 2.24) is 4.90 Å². The second-order valence-electron chi connectivity index (χ2n) is 7.31. The molecule has 0 aromatic rings. The first kappa shape index (κ1) is 17.5. The predicted molar refractivity (Wildman–Crippen MR) is 76.5 cm³/mol. The van der Waals surface area contributed by atoms with E-state index in [0.29, 0.717) is 0 Å². The number of ether oxygens (including phenoxy) is 2. The smallest absolute Gasteiger partial charge is 0.416 e. The van der Waals surface area contributed by atoms with Gasteiger partial charge in [0.25, 0.3) is 0 Å². The van der Waals surface area contributed by atoms with E-state index in [1.165, 1.54) is 0 Å². The Hall–Kier alpha value is -1.59. The van der Waals surface area contributed by atoms with Crippen LogP contribution in [0.2, 0.25) is 0 Å². The monoisotopic (exact) mass is 299 g/mol. The molecular formula is C15H25NO5. The molecule has 6 nitrogen and oxygen atoms in total. The van der Waals surface area contributed by atoms with E-state index in [-0.39, 0.29) is 25.5 Å². The van der Waals surface area contributed by atoms with Gasteiger partial charge in [-0.1, -0.05) is 20.8 Å². The summed E-state index contributed by atoms with van der Waals surface area (Å²) in [6.07, 6.45) is -0.693. The van der Waals surface area contributed by atoms with Gasteiger partial charge in [0.05, 0.1) is 18.9 Å². The lowest BCUT2D eigenvalue weighted by atomic mass is 9.78. The zero-order valence-corrected chi connectivity index (χ0v) is 13.7. The highest BCUT2D eigenvalue weighted by Crippen LogP contribution is 2.32. The van der Waals surface area contributed by atoms with Gasteiger partial charge in [-0.3, -0.25) is 9.59 Å². The second kappa shape index (κ2) is 6.03. The molecule has 1 atom stereocenters. The molecule has 0 spiro atoms. The number of cyclic esters (lactones) is 1. The molecule has 0 radical (unpaired) electrons. The fourth-order valence-electron chi connectivity index (χ4n) is 2.10. The third-order valence-electron chi connectivity index (χ3n) is 3.16. The topological polar surface area (TPSA) is 72.9 Å². The minimum atomic E-state index is -0.640. The van der Waals surface area contributed by atoms with Crippen LogP contribution >= 0.6 is 0 Å². The summed E-state index contributed by atoms with van der Waals surface area (Å²) >= 11 is 0. The van der Waals surface area contributed by atoms with Crippen LogP contribution in [0.4, 0.5) is 4.79 Å². The summed E-state index contributed by atoms with van der Waals surface area (Å²) in [5.41, 5.74) is -1.06. The van der Waals surface area contributed by atoms with Gasteiger partial charge in [-0.05, 0) is 26.2 Å².